The van der Waals surface area contributed by atoms with Gasteiger partial charge in [-0.1, -0.05) is 24.3 Å². The largest absolute Gasteiger partial charge is 0.352 e. The monoisotopic (exact) mass is 490 g/mol. The predicted molar refractivity (Wildman–Crippen MR) is 132 cm³/mol. The zero-order valence-corrected chi connectivity index (χ0v) is 21.1. The Morgan fingerprint density at radius 1 is 1.09 bits per heavy atom. The van der Waals surface area contributed by atoms with Crippen LogP contribution in [-0.4, -0.2) is 74.7 Å². The minimum atomic E-state index is -3.53. The van der Waals surface area contributed by atoms with Crippen molar-refractivity contribution in [1.82, 2.24) is 19.4 Å². The lowest BCUT2D eigenvalue weighted by Crippen LogP contribution is -2.45. The summed E-state index contributed by atoms with van der Waals surface area (Å²) in [6.07, 6.45) is 1.41. The Balaban J connectivity index is 1.31. The molecule has 1 atom stereocenters. The Kier molecular flexibility index (Phi) is 7.86. The number of nitrogens with zero attached hydrogens (tertiary/aromatic N) is 3. The molecule has 4 rings (SSSR count). The van der Waals surface area contributed by atoms with Gasteiger partial charge in [0.1, 0.15) is 4.21 Å². The molecule has 1 aromatic heterocycles. The quantitative estimate of drug-likeness (QED) is 0.646. The average molecular weight is 491 g/mol. The molecule has 2 fully saturated rings. The summed E-state index contributed by atoms with van der Waals surface area (Å²) in [5, 5.41) is 3.04. The molecule has 2 aliphatic heterocycles. The van der Waals surface area contributed by atoms with E-state index in [0.717, 1.165) is 43.2 Å². The molecule has 1 amide bonds. The van der Waals surface area contributed by atoms with Crippen molar-refractivity contribution >= 4 is 27.3 Å². The number of amides is 1. The van der Waals surface area contributed by atoms with Gasteiger partial charge in [0, 0.05) is 57.2 Å². The molecule has 33 heavy (non-hydrogen) atoms. The van der Waals surface area contributed by atoms with E-state index in [1.54, 1.807) is 6.07 Å². The summed E-state index contributed by atoms with van der Waals surface area (Å²) >= 11 is 1.28. The summed E-state index contributed by atoms with van der Waals surface area (Å²) in [7, 11) is -1.38. The van der Waals surface area contributed by atoms with E-state index < -0.39 is 10.0 Å². The summed E-state index contributed by atoms with van der Waals surface area (Å²) in [5.41, 5.74) is 2.33. The van der Waals surface area contributed by atoms with Crippen molar-refractivity contribution in [2.45, 2.75) is 37.1 Å². The van der Waals surface area contributed by atoms with Crippen LogP contribution in [0, 0.1) is 12.8 Å². The first kappa shape index (κ1) is 24.3. The fraction of sp³-hybridized carbons (Fsp3) is 0.542. The second-order valence-electron chi connectivity index (χ2n) is 9.18. The molecule has 0 spiro atoms. The molecule has 0 radical (unpaired) electrons. The molecular weight excluding hydrogens is 456 g/mol. The minimum absolute atomic E-state index is 0.0678. The van der Waals surface area contributed by atoms with Crippen LogP contribution >= 0.6 is 11.3 Å². The van der Waals surface area contributed by atoms with Gasteiger partial charge in [-0.3, -0.25) is 9.69 Å². The van der Waals surface area contributed by atoms with Gasteiger partial charge in [-0.2, -0.15) is 4.31 Å². The van der Waals surface area contributed by atoms with E-state index in [1.807, 2.05) is 25.1 Å². The number of likely N-dealkylation sites (N-methyl/N-ethyl adjacent to an activating group) is 1. The van der Waals surface area contributed by atoms with Crippen LogP contribution in [0.2, 0.25) is 0 Å². The Morgan fingerprint density at radius 2 is 1.85 bits per heavy atom. The van der Waals surface area contributed by atoms with Gasteiger partial charge in [-0.25, -0.2) is 8.42 Å². The molecule has 1 N–H and O–H groups in total. The molecule has 3 heterocycles. The van der Waals surface area contributed by atoms with Crippen LogP contribution < -0.4 is 5.32 Å². The highest BCUT2D eigenvalue weighted by Crippen LogP contribution is 2.28. The number of piperidine rings is 1. The van der Waals surface area contributed by atoms with Gasteiger partial charge in [0.05, 0.1) is 5.92 Å². The van der Waals surface area contributed by atoms with Crippen LogP contribution in [0.25, 0.3) is 0 Å². The zero-order chi connectivity index (χ0) is 23.4. The molecule has 2 aliphatic rings. The van der Waals surface area contributed by atoms with Crippen molar-refractivity contribution in [3.63, 3.8) is 0 Å². The number of hydrogen-bond donors (Lipinski definition) is 1. The summed E-state index contributed by atoms with van der Waals surface area (Å²) in [4.78, 5) is 18.7. The van der Waals surface area contributed by atoms with Crippen LogP contribution in [0.15, 0.2) is 40.6 Å². The molecule has 1 aromatic carbocycles. The van der Waals surface area contributed by atoms with Gasteiger partial charge in [0.15, 0.2) is 0 Å². The van der Waals surface area contributed by atoms with Crippen molar-refractivity contribution < 1.29 is 13.2 Å². The lowest BCUT2D eigenvalue weighted by molar-refractivity contribution is -0.126. The number of hydrogen-bond acceptors (Lipinski definition) is 6. The van der Waals surface area contributed by atoms with E-state index in [4.69, 9.17) is 0 Å². The third-order valence-electron chi connectivity index (χ3n) is 6.52. The van der Waals surface area contributed by atoms with E-state index in [9.17, 15) is 13.2 Å². The number of piperazine rings is 1. The summed E-state index contributed by atoms with van der Waals surface area (Å²) in [5.74, 6) is -0.384. The third kappa shape index (κ3) is 6.22. The SMILES string of the molecule is Cc1ccc(S(=O)(=O)N2CCCC(C(=O)NCc3cccc(CN4CCN(C)CC4)c3)C2)s1. The molecule has 1 unspecified atom stereocenters. The molecule has 180 valence electrons. The molecule has 2 aromatic rings. The Hall–Kier alpha value is -1.78. The van der Waals surface area contributed by atoms with Gasteiger partial charge < -0.3 is 10.2 Å². The number of aryl methyl sites for hydroxylation is 1. The number of carbonyl (C=O) groups excluding carboxylic acids is 1. The lowest BCUT2D eigenvalue weighted by Gasteiger charge is -2.32. The number of carbonyl (C=O) groups is 1. The van der Waals surface area contributed by atoms with E-state index in [2.05, 4.69) is 34.3 Å². The third-order valence-corrected chi connectivity index (χ3v) is 9.86. The van der Waals surface area contributed by atoms with E-state index in [-0.39, 0.29) is 18.4 Å². The van der Waals surface area contributed by atoms with Gasteiger partial charge in [-0.05, 0) is 50.1 Å². The van der Waals surface area contributed by atoms with Crippen molar-refractivity contribution in [3.05, 3.63) is 52.4 Å². The molecule has 0 saturated carbocycles. The second-order valence-corrected chi connectivity index (χ2v) is 12.6. The molecule has 0 bridgehead atoms. The Morgan fingerprint density at radius 3 is 2.58 bits per heavy atom. The first-order chi connectivity index (χ1) is 15.8. The van der Waals surface area contributed by atoms with E-state index in [0.29, 0.717) is 30.1 Å². The topological polar surface area (TPSA) is 73.0 Å². The zero-order valence-electron chi connectivity index (χ0n) is 19.5. The van der Waals surface area contributed by atoms with E-state index in [1.165, 1.54) is 21.2 Å². The van der Waals surface area contributed by atoms with Crippen molar-refractivity contribution in [2.24, 2.45) is 5.92 Å². The van der Waals surface area contributed by atoms with Gasteiger partial charge >= 0.3 is 0 Å². The number of benzene rings is 1. The highest BCUT2D eigenvalue weighted by Gasteiger charge is 2.33. The molecule has 7 nitrogen and oxygen atoms in total. The normalized spacial score (nSPS) is 21.2. The number of rotatable bonds is 7. The number of sulfonamides is 1. The van der Waals surface area contributed by atoms with Crippen LogP contribution in [-0.2, 0) is 27.9 Å². The van der Waals surface area contributed by atoms with Crippen molar-refractivity contribution in [1.29, 1.82) is 0 Å². The smallest absolute Gasteiger partial charge is 0.252 e. The van der Waals surface area contributed by atoms with Crippen LogP contribution in [0.5, 0.6) is 0 Å². The fourth-order valence-electron chi connectivity index (χ4n) is 4.49. The summed E-state index contributed by atoms with van der Waals surface area (Å²) < 4.78 is 27.8. The van der Waals surface area contributed by atoms with Gasteiger partial charge in [0.25, 0.3) is 10.0 Å². The first-order valence-corrected chi connectivity index (χ1v) is 13.9. The number of thiophene rings is 1. The molecule has 0 aliphatic carbocycles. The lowest BCUT2D eigenvalue weighted by atomic mass is 9.98. The van der Waals surface area contributed by atoms with E-state index >= 15 is 0 Å². The standard InChI is InChI=1S/C24H34N4O3S2/c1-19-8-9-23(32-19)33(30,31)28-10-4-7-22(18-28)24(29)25-16-20-5-3-6-21(15-20)17-27-13-11-26(2)12-14-27/h3,5-6,8-9,15,22H,4,7,10-14,16-18H2,1-2H3,(H,25,29). The number of nitrogens with one attached hydrogen (secondary N) is 1. The van der Waals surface area contributed by atoms with Crippen LogP contribution in [0.3, 0.4) is 0 Å². The molecule has 9 heteroatoms. The van der Waals surface area contributed by atoms with Gasteiger partial charge in [-0.15, -0.1) is 11.3 Å². The second kappa shape index (κ2) is 10.7. The summed E-state index contributed by atoms with van der Waals surface area (Å²) in [6.45, 7) is 8.33. The average Bonchev–Trinajstić information content (AvgIpc) is 3.26. The van der Waals surface area contributed by atoms with Crippen molar-refractivity contribution in [3.8, 4) is 0 Å². The van der Waals surface area contributed by atoms with Crippen molar-refractivity contribution in [2.75, 3.05) is 46.3 Å². The maximum atomic E-state index is 13.0. The van der Waals surface area contributed by atoms with Crippen LogP contribution in [0.4, 0.5) is 0 Å². The molecule has 2 saturated heterocycles. The van der Waals surface area contributed by atoms with Crippen LogP contribution in [0.1, 0.15) is 28.8 Å². The minimum Gasteiger partial charge on any atom is -0.352 e. The first-order valence-electron chi connectivity index (χ1n) is 11.6. The Bertz CT molecular complexity index is 1060. The predicted octanol–water partition coefficient (Wildman–Crippen LogP) is 2.52. The Labute approximate surface area is 201 Å². The maximum absolute atomic E-state index is 13.0. The highest BCUT2D eigenvalue weighted by atomic mass is 32.2. The van der Waals surface area contributed by atoms with Gasteiger partial charge in [0.2, 0.25) is 5.91 Å². The highest BCUT2D eigenvalue weighted by molar-refractivity contribution is 7.91. The fourth-order valence-corrected chi connectivity index (χ4v) is 7.45. The maximum Gasteiger partial charge on any atom is 0.252 e. The summed E-state index contributed by atoms with van der Waals surface area (Å²) in [6, 6.07) is 11.9. The molecular formula is C24H34N4O3S2.